The SMILES string of the molecule is CN=C(NCCCSc1nccs1)N1CCC(COCCOC)C1.I. The number of ether oxygens (including phenoxy) is 2. The van der Waals surface area contributed by atoms with Gasteiger partial charge in [-0.1, -0.05) is 11.8 Å². The fourth-order valence-electron chi connectivity index (χ4n) is 2.60. The summed E-state index contributed by atoms with van der Waals surface area (Å²) in [6.07, 6.45) is 4.12. The molecule has 0 saturated carbocycles. The average molecular weight is 500 g/mol. The van der Waals surface area contributed by atoms with Gasteiger partial charge in [-0.25, -0.2) is 4.98 Å². The van der Waals surface area contributed by atoms with E-state index in [9.17, 15) is 0 Å². The van der Waals surface area contributed by atoms with Gasteiger partial charge in [-0.3, -0.25) is 4.99 Å². The summed E-state index contributed by atoms with van der Waals surface area (Å²) in [5.41, 5.74) is 0. The first-order chi connectivity index (χ1) is 11.8. The van der Waals surface area contributed by atoms with Crippen molar-refractivity contribution in [3.05, 3.63) is 11.6 Å². The molecule has 0 spiro atoms. The lowest BCUT2D eigenvalue weighted by atomic mass is 10.1. The zero-order chi connectivity index (χ0) is 17.0. The smallest absolute Gasteiger partial charge is 0.193 e. The Morgan fingerprint density at radius 1 is 1.52 bits per heavy atom. The quantitative estimate of drug-likeness (QED) is 0.175. The van der Waals surface area contributed by atoms with Crippen molar-refractivity contribution in [1.82, 2.24) is 15.2 Å². The van der Waals surface area contributed by atoms with Gasteiger partial charge in [-0.15, -0.1) is 35.3 Å². The number of guanidine groups is 1. The van der Waals surface area contributed by atoms with E-state index in [-0.39, 0.29) is 24.0 Å². The Hall–Kier alpha value is -0.100. The highest BCUT2D eigenvalue weighted by Crippen LogP contribution is 2.20. The van der Waals surface area contributed by atoms with E-state index in [0.717, 1.165) is 55.1 Å². The van der Waals surface area contributed by atoms with Crippen LogP contribution in [0.3, 0.4) is 0 Å². The molecule has 1 atom stereocenters. The summed E-state index contributed by atoms with van der Waals surface area (Å²) in [6, 6.07) is 0. The topological polar surface area (TPSA) is 59.0 Å². The number of thioether (sulfide) groups is 1. The molecule has 0 radical (unpaired) electrons. The zero-order valence-corrected chi connectivity index (χ0v) is 18.9. The monoisotopic (exact) mass is 500 g/mol. The van der Waals surface area contributed by atoms with Crippen molar-refractivity contribution in [1.29, 1.82) is 0 Å². The lowest BCUT2D eigenvalue weighted by molar-refractivity contribution is 0.0536. The molecular weight excluding hydrogens is 471 g/mol. The van der Waals surface area contributed by atoms with Crippen molar-refractivity contribution >= 4 is 53.0 Å². The molecule has 144 valence electrons. The predicted molar refractivity (Wildman–Crippen MR) is 117 cm³/mol. The number of thiazole rings is 1. The summed E-state index contributed by atoms with van der Waals surface area (Å²) in [5, 5.41) is 5.49. The van der Waals surface area contributed by atoms with Crippen LogP contribution in [0.1, 0.15) is 12.8 Å². The number of hydrogen-bond acceptors (Lipinski definition) is 6. The summed E-state index contributed by atoms with van der Waals surface area (Å²) in [4.78, 5) is 11.0. The maximum Gasteiger partial charge on any atom is 0.193 e. The molecule has 2 heterocycles. The second kappa shape index (κ2) is 14.0. The first-order valence-corrected chi connectivity index (χ1v) is 10.2. The minimum Gasteiger partial charge on any atom is -0.382 e. The van der Waals surface area contributed by atoms with Gasteiger partial charge >= 0.3 is 0 Å². The molecular formula is C16H29IN4O2S2. The van der Waals surface area contributed by atoms with Crippen LogP contribution in [0, 0.1) is 5.92 Å². The van der Waals surface area contributed by atoms with Gasteiger partial charge in [-0.05, 0) is 12.8 Å². The molecule has 2 rings (SSSR count). The van der Waals surface area contributed by atoms with Crippen molar-refractivity contribution in [3.8, 4) is 0 Å². The fraction of sp³-hybridized carbons (Fsp3) is 0.750. The predicted octanol–water partition coefficient (Wildman–Crippen LogP) is 2.80. The number of aliphatic imine (C=N–C) groups is 1. The molecule has 0 aliphatic carbocycles. The van der Waals surface area contributed by atoms with E-state index in [1.807, 2.05) is 30.4 Å². The highest BCUT2D eigenvalue weighted by Gasteiger charge is 2.24. The maximum absolute atomic E-state index is 5.65. The minimum atomic E-state index is 0. The van der Waals surface area contributed by atoms with Gasteiger partial charge in [0.1, 0.15) is 4.34 Å². The van der Waals surface area contributed by atoms with Crippen LogP contribution in [-0.2, 0) is 9.47 Å². The Labute approximate surface area is 176 Å². The molecule has 0 amide bonds. The van der Waals surface area contributed by atoms with E-state index < -0.39 is 0 Å². The van der Waals surface area contributed by atoms with Gasteiger partial charge in [-0.2, -0.15) is 0 Å². The number of likely N-dealkylation sites (tertiary alicyclic amines) is 1. The summed E-state index contributed by atoms with van der Waals surface area (Å²) in [5.74, 6) is 2.67. The van der Waals surface area contributed by atoms with Crippen LogP contribution in [0.25, 0.3) is 0 Å². The molecule has 1 saturated heterocycles. The van der Waals surface area contributed by atoms with Gasteiger partial charge in [0.25, 0.3) is 0 Å². The summed E-state index contributed by atoms with van der Waals surface area (Å²) in [7, 11) is 3.56. The third-order valence-electron chi connectivity index (χ3n) is 3.82. The van der Waals surface area contributed by atoms with Crippen LogP contribution in [0.2, 0.25) is 0 Å². The van der Waals surface area contributed by atoms with E-state index >= 15 is 0 Å². The normalized spacial score (nSPS) is 17.6. The summed E-state index contributed by atoms with van der Waals surface area (Å²) < 4.78 is 11.8. The Morgan fingerprint density at radius 2 is 2.40 bits per heavy atom. The molecule has 0 aromatic carbocycles. The highest BCUT2D eigenvalue weighted by molar-refractivity contribution is 14.0. The second-order valence-corrected chi connectivity index (χ2v) is 7.88. The molecule has 1 N–H and O–H groups in total. The second-order valence-electron chi connectivity index (χ2n) is 5.64. The van der Waals surface area contributed by atoms with E-state index in [1.54, 1.807) is 18.4 Å². The standard InChI is InChI=1S/C16H28N4O2S2.HI/c1-17-15(18-5-3-10-23-16-19-6-11-24-16)20-7-4-14(12-20)13-22-9-8-21-2;/h6,11,14H,3-5,7-10,12-13H2,1-2H3,(H,17,18);1H. The lowest BCUT2D eigenvalue weighted by Crippen LogP contribution is -2.40. The highest BCUT2D eigenvalue weighted by atomic mass is 127. The van der Waals surface area contributed by atoms with E-state index in [0.29, 0.717) is 19.1 Å². The molecule has 6 nitrogen and oxygen atoms in total. The summed E-state index contributed by atoms with van der Waals surface area (Å²) in [6.45, 7) is 5.15. The van der Waals surface area contributed by atoms with Crippen LogP contribution in [-0.4, -0.2) is 75.2 Å². The molecule has 1 aromatic rings. The third-order valence-corrected chi connectivity index (χ3v) is 5.87. The molecule has 1 fully saturated rings. The Bertz CT molecular complexity index is 477. The Morgan fingerprint density at radius 3 is 3.12 bits per heavy atom. The van der Waals surface area contributed by atoms with Crippen molar-refractivity contribution in [2.24, 2.45) is 10.9 Å². The van der Waals surface area contributed by atoms with E-state index in [1.165, 1.54) is 0 Å². The third kappa shape index (κ3) is 8.89. The van der Waals surface area contributed by atoms with Gasteiger partial charge in [0.05, 0.1) is 19.8 Å². The van der Waals surface area contributed by atoms with Crippen LogP contribution in [0.5, 0.6) is 0 Å². The van der Waals surface area contributed by atoms with Crippen molar-refractivity contribution in [3.63, 3.8) is 0 Å². The number of nitrogens with one attached hydrogen (secondary N) is 1. The van der Waals surface area contributed by atoms with Crippen LogP contribution in [0.15, 0.2) is 20.9 Å². The molecule has 1 aromatic heterocycles. The molecule has 1 aliphatic heterocycles. The number of nitrogens with zero attached hydrogens (tertiary/aromatic N) is 3. The zero-order valence-electron chi connectivity index (χ0n) is 15.0. The van der Waals surface area contributed by atoms with Crippen LogP contribution in [0.4, 0.5) is 0 Å². The van der Waals surface area contributed by atoms with Crippen molar-refractivity contribution in [2.75, 3.05) is 59.4 Å². The first-order valence-electron chi connectivity index (χ1n) is 8.38. The van der Waals surface area contributed by atoms with Gasteiger partial charge < -0.3 is 19.7 Å². The van der Waals surface area contributed by atoms with Crippen LogP contribution >= 0.6 is 47.1 Å². The lowest BCUT2D eigenvalue weighted by Gasteiger charge is -2.21. The number of rotatable bonds is 10. The Kier molecular flexibility index (Phi) is 12.9. The van der Waals surface area contributed by atoms with Gasteiger partial charge in [0.15, 0.2) is 5.96 Å². The van der Waals surface area contributed by atoms with Gasteiger partial charge in [0.2, 0.25) is 0 Å². The van der Waals surface area contributed by atoms with E-state index in [4.69, 9.17) is 9.47 Å². The largest absolute Gasteiger partial charge is 0.382 e. The number of hydrogen-bond donors (Lipinski definition) is 1. The minimum absolute atomic E-state index is 0. The molecule has 1 aliphatic rings. The molecule has 0 bridgehead atoms. The van der Waals surface area contributed by atoms with Crippen LogP contribution < -0.4 is 5.32 Å². The average Bonchev–Trinajstić information content (AvgIpc) is 3.27. The van der Waals surface area contributed by atoms with E-state index in [2.05, 4.69) is 20.2 Å². The summed E-state index contributed by atoms with van der Waals surface area (Å²) >= 11 is 3.52. The molecule has 9 heteroatoms. The van der Waals surface area contributed by atoms with Crippen molar-refractivity contribution in [2.45, 2.75) is 17.2 Å². The number of aromatic nitrogens is 1. The Balaban J connectivity index is 0.00000312. The fourth-order valence-corrected chi connectivity index (χ4v) is 4.25. The first kappa shape index (κ1) is 22.9. The van der Waals surface area contributed by atoms with Gasteiger partial charge in [0, 0.05) is 57.0 Å². The maximum atomic E-state index is 5.65. The molecule has 25 heavy (non-hydrogen) atoms. The number of halogens is 1. The van der Waals surface area contributed by atoms with Crippen molar-refractivity contribution < 1.29 is 9.47 Å². The molecule has 1 unspecified atom stereocenters. The number of methoxy groups -OCH3 is 1.